The second kappa shape index (κ2) is 4.37. The molecule has 1 aromatic rings. The Hall–Kier alpha value is -1.80. The van der Waals surface area contributed by atoms with Gasteiger partial charge in [-0.05, 0) is 26.8 Å². The first-order chi connectivity index (χ1) is 7.36. The van der Waals surface area contributed by atoms with Gasteiger partial charge in [0.2, 0.25) is 0 Å². The fourth-order valence-electron chi connectivity index (χ4n) is 1.06. The van der Waals surface area contributed by atoms with Crippen LogP contribution >= 0.6 is 0 Å². The highest BCUT2D eigenvalue weighted by molar-refractivity contribution is 5.64. The van der Waals surface area contributed by atoms with Crippen molar-refractivity contribution in [2.75, 3.05) is 11.1 Å². The summed E-state index contributed by atoms with van der Waals surface area (Å²) in [6, 6.07) is 3.51. The molecule has 1 atom stereocenters. The van der Waals surface area contributed by atoms with E-state index in [0.29, 0.717) is 17.1 Å². The van der Waals surface area contributed by atoms with Crippen LogP contribution in [0.2, 0.25) is 0 Å². The minimum atomic E-state index is -0.552. The Morgan fingerprint density at radius 2 is 2.25 bits per heavy atom. The number of nitrogens with two attached hydrogens (primary N) is 1. The highest BCUT2D eigenvalue weighted by Gasteiger charge is 2.24. The van der Waals surface area contributed by atoms with Crippen LogP contribution in [0.5, 0.6) is 0 Å². The van der Waals surface area contributed by atoms with E-state index in [1.165, 1.54) is 6.20 Å². The summed E-state index contributed by atoms with van der Waals surface area (Å²) >= 11 is 0. The monoisotopic (exact) mass is 220 g/mol. The van der Waals surface area contributed by atoms with Crippen LogP contribution in [0, 0.1) is 11.3 Å². The maximum absolute atomic E-state index is 9.55. The summed E-state index contributed by atoms with van der Waals surface area (Å²) < 4.78 is 0. The van der Waals surface area contributed by atoms with E-state index in [2.05, 4.69) is 10.3 Å². The Balaban J connectivity index is 2.95. The standard InChI is InChI=1S/C11H16N4O/c1-7(16)11(2,3)15-10-9(13)4-8(5-12)6-14-10/h4,6-7,16H,13H2,1-3H3,(H,14,15). The van der Waals surface area contributed by atoms with Crippen molar-refractivity contribution in [3.8, 4) is 6.07 Å². The molecule has 1 unspecified atom stereocenters. The van der Waals surface area contributed by atoms with E-state index in [-0.39, 0.29) is 0 Å². The van der Waals surface area contributed by atoms with E-state index in [9.17, 15) is 5.11 Å². The van der Waals surface area contributed by atoms with E-state index in [1.54, 1.807) is 13.0 Å². The molecule has 0 aliphatic heterocycles. The van der Waals surface area contributed by atoms with Gasteiger partial charge in [0, 0.05) is 6.20 Å². The molecule has 1 heterocycles. The number of rotatable bonds is 3. The van der Waals surface area contributed by atoms with Gasteiger partial charge in [0.15, 0.2) is 0 Å². The van der Waals surface area contributed by atoms with Gasteiger partial charge in [-0.1, -0.05) is 0 Å². The first kappa shape index (κ1) is 12.3. The zero-order valence-electron chi connectivity index (χ0n) is 9.65. The summed E-state index contributed by atoms with van der Waals surface area (Å²) in [7, 11) is 0. The zero-order chi connectivity index (χ0) is 12.3. The molecule has 0 amide bonds. The number of hydrogen-bond acceptors (Lipinski definition) is 5. The molecule has 1 aromatic heterocycles. The Morgan fingerprint density at radius 1 is 1.62 bits per heavy atom. The largest absolute Gasteiger partial charge is 0.396 e. The highest BCUT2D eigenvalue weighted by Crippen LogP contribution is 2.22. The molecule has 0 radical (unpaired) electrons. The second-order valence-corrected chi connectivity index (χ2v) is 4.30. The van der Waals surface area contributed by atoms with Gasteiger partial charge in [-0.25, -0.2) is 4.98 Å². The fourth-order valence-corrected chi connectivity index (χ4v) is 1.06. The molecule has 0 saturated carbocycles. The molecule has 0 aliphatic rings. The first-order valence-electron chi connectivity index (χ1n) is 4.98. The molecule has 0 spiro atoms. The Kier molecular flexibility index (Phi) is 3.35. The number of nitrogens with zero attached hydrogens (tertiary/aromatic N) is 2. The lowest BCUT2D eigenvalue weighted by Gasteiger charge is -2.30. The zero-order valence-corrected chi connectivity index (χ0v) is 9.65. The first-order valence-corrected chi connectivity index (χ1v) is 4.98. The summed E-state index contributed by atoms with van der Waals surface area (Å²) in [5.41, 5.74) is 6.02. The van der Waals surface area contributed by atoms with Crippen molar-refractivity contribution >= 4 is 11.5 Å². The third-order valence-electron chi connectivity index (χ3n) is 2.53. The van der Waals surface area contributed by atoms with Gasteiger partial charge < -0.3 is 16.2 Å². The van der Waals surface area contributed by atoms with E-state index in [1.807, 2.05) is 19.9 Å². The van der Waals surface area contributed by atoms with Gasteiger partial charge >= 0.3 is 0 Å². The number of aromatic nitrogens is 1. The number of nitrogens with one attached hydrogen (secondary N) is 1. The molecule has 0 aromatic carbocycles. The van der Waals surface area contributed by atoms with E-state index >= 15 is 0 Å². The van der Waals surface area contributed by atoms with Crippen LogP contribution in [-0.4, -0.2) is 21.7 Å². The summed E-state index contributed by atoms with van der Waals surface area (Å²) in [5, 5.41) is 21.3. The van der Waals surface area contributed by atoms with Crippen molar-refractivity contribution in [2.45, 2.75) is 32.4 Å². The lowest BCUT2D eigenvalue weighted by molar-refractivity contribution is 0.133. The maximum atomic E-state index is 9.55. The minimum absolute atomic E-state index is 0.396. The lowest BCUT2D eigenvalue weighted by Crippen LogP contribution is -2.42. The van der Waals surface area contributed by atoms with Gasteiger partial charge in [0.1, 0.15) is 11.9 Å². The normalized spacial score (nSPS) is 12.9. The summed E-state index contributed by atoms with van der Waals surface area (Å²) in [5.74, 6) is 0.477. The van der Waals surface area contributed by atoms with Crippen LogP contribution < -0.4 is 11.1 Å². The Bertz CT molecular complexity index is 420. The summed E-state index contributed by atoms with van der Waals surface area (Å²) in [6.45, 7) is 5.38. The van der Waals surface area contributed by atoms with Crippen LogP contribution in [0.25, 0.3) is 0 Å². The van der Waals surface area contributed by atoms with Crippen molar-refractivity contribution in [1.82, 2.24) is 4.98 Å². The third-order valence-corrected chi connectivity index (χ3v) is 2.53. The van der Waals surface area contributed by atoms with Crippen molar-refractivity contribution in [3.05, 3.63) is 17.8 Å². The molecule has 0 aliphatic carbocycles. The molecule has 5 nitrogen and oxygen atoms in total. The van der Waals surface area contributed by atoms with Crippen molar-refractivity contribution in [2.24, 2.45) is 0 Å². The molecule has 0 saturated heterocycles. The average Bonchev–Trinajstić information content (AvgIpc) is 2.20. The van der Waals surface area contributed by atoms with Crippen LogP contribution in [-0.2, 0) is 0 Å². The third kappa shape index (κ3) is 2.61. The molecule has 0 fully saturated rings. The van der Waals surface area contributed by atoms with E-state index in [0.717, 1.165) is 0 Å². The smallest absolute Gasteiger partial charge is 0.149 e. The lowest BCUT2D eigenvalue weighted by atomic mass is 9.99. The number of hydrogen-bond donors (Lipinski definition) is 3. The number of aliphatic hydroxyl groups excluding tert-OH is 1. The number of anilines is 2. The van der Waals surface area contributed by atoms with Gasteiger partial charge in [-0.15, -0.1) is 0 Å². The molecule has 86 valence electrons. The van der Waals surface area contributed by atoms with Crippen LogP contribution in [0.15, 0.2) is 12.3 Å². The minimum Gasteiger partial charge on any atom is -0.396 e. The summed E-state index contributed by atoms with van der Waals surface area (Å²) in [4.78, 5) is 4.05. The number of nitriles is 1. The summed E-state index contributed by atoms with van der Waals surface area (Å²) in [6.07, 6.45) is 0.890. The maximum Gasteiger partial charge on any atom is 0.149 e. The predicted octanol–water partition coefficient (Wildman–Crippen LogP) is 1.11. The molecule has 4 N–H and O–H groups in total. The van der Waals surface area contributed by atoms with Crippen LogP contribution in [0.1, 0.15) is 26.3 Å². The quantitative estimate of drug-likeness (QED) is 0.709. The molecule has 16 heavy (non-hydrogen) atoms. The Morgan fingerprint density at radius 3 is 2.69 bits per heavy atom. The topological polar surface area (TPSA) is 95.0 Å². The van der Waals surface area contributed by atoms with Gasteiger partial charge in [-0.2, -0.15) is 5.26 Å². The molecule has 0 bridgehead atoms. The van der Waals surface area contributed by atoms with Gasteiger partial charge in [-0.3, -0.25) is 0 Å². The number of aliphatic hydroxyl groups is 1. The SMILES string of the molecule is CC(O)C(C)(C)Nc1ncc(C#N)cc1N. The molecular formula is C11H16N4O. The van der Waals surface area contributed by atoms with E-state index in [4.69, 9.17) is 11.0 Å². The Labute approximate surface area is 94.9 Å². The van der Waals surface area contributed by atoms with Crippen LogP contribution in [0.3, 0.4) is 0 Å². The molecule has 1 rings (SSSR count). The van der Waals surface area contributed by atoms with Gasteiger partial charge in [0.05, 0.1) is 22.9 Å². The van der Waals surface area contributed by atoms with Gasteiger partial charge in [0.25, 0.3) is 0 Å². The van der Waals surface area contributed by atoms with Crippen molar-refractivity contribution < 1.29 is 5.11 Å². The number of pyridine rings is 1. The highest BCUT2D eigenvalue weighted by atomic mass is 16.3. The molecular weight excluding hydrogens is 204 g/mol. The van der Waals surface area contributed by atoms with E-state index < -0.39 is 11.6 Å². The molecule has 5 heteroatoms. The van der Waals surface area contributed by atoms with Crippen LogP contribution in [0.4, 0.5) is 11.5 Å². The van der Waals surface area contributed by atoms with Crippen molar-refractivity contribution in [1.29, 1.82) is 5.26 Å². The average molecular weight is 220 g/mol. The predicted molar refractivity (Wildman–Crippen MR) is 62.7 cm³/mol. The second-order valence-electron chi connectivity index (χ2n) is 4.30. The fraction of sp³-hybridized carbons (Fsp3) is 0.455. The van der Waals surface area contributed by atoms with Crippen molar-refractivity contribution in [3.63, 3.8) is 0 Å². The number of nitrogen functional groups attached to an aromatic ring is 1.